The summed E-state index contributed by atoms with van der Waals surface area (Å²) in [6, 6.07) is 0. The van der Waals surface area contributed by atoms with Gasteiger partial charge in [0, 0.05) is 22.2 Å². The van der Waals surface area contributed by atoms with Gasteiger partial charge in [-0.3, -0.25) is 4.90 Å². The first-order chi connectivity index (χ1) is 8.53. The predicted octanol–water partition coefficient (Wildman–Crippen LogP) is 3.95. The molecule has 0 aromatic carbocycles. The summed E-state index contributed by atoms with van der Waals surface area (Å²) in [5.74, 6) is 0. The Bertz CT molecular complexity index is 347. The van der Waals surface area contributed by atoms with Gasteiger partial charge in [-0.25, -0.2) is 0 Å². The number of rotatable bonds is 1. The molecular weight excluding hydrogens is 232 g/mol. The Hall–Kier alpha value is -0.0800. The maximum Gasteiger partial charge on any atom is 0.0362 e. The van der Waals surface area contributed by atoms with E-state index < -0.39 is 0 Å². The smallest absolute Gasteiger partial charge is 0.0362 e. The van der Waals surface area contributed by atoms with Crippen molar-refractivity contribution in [2.45, 2.75) is 102 Å². The number of likely N-dealkylation sites (N-methyl/N-ethyl adjacent to an activating group) is 1. The lowest BCUT2D eigenvalue weighted by Gasteiger charge is -2.63. The highest BCUT2D eigenvalue weighted by Crippen LogP contribution is 2.47. The van der Waals surface area contributed by atoms with Gasteiger partial charge in [-0.2, -0.15) is 0 Å². The van der Waals surface area contributed by atoms with E-state index in [-0.39, 0.29) is 16.6 Å². The molecule has 0 radical (unpaired) electrons. The minimum atomic E-state index is 0.223. The van der Waals surface area contributed by atoms with Crippen molar-refractivity contribution in [3.8, 4) is 0 Å². The lowest BCUT2D eigenvalue weighted by Crippen LogP contribution is -2.75. The second-order valence-corrected chi connectivity index (χ2v) is 8.69. The van der Waals surface area contributed by atoms with Crippen LogP contribution in [0.2, 0.25) is 0 Å². The van der Waals surface area contributed by atoms with Crippen LogP contribution >= 0.6 is 0 Å². The summed E-state index contributed by atoms with van der Waals surface area (Å²) >= 11 is 0. The van der Waals surface area contributed by atoms with Gasteiger partial charge in [0.2, 0.25) is 0 Å². The molecule has 0 bridgehead atoms. The zero-order valence-corrected chi connectivity index (χ0v) is 14.2. The summed E-state index contributed by atoms with van der Waals surface area (Å²) in [5.41, 5.74) is 1.07. The van der Waals surface area contributed by atoms with Crippen LogP contribution in [0.15, 0.2) is 0 Å². The number of likely N-dealkylation sites (tertiary alicyclic amines) is 1. The molecule has 2 aliphatic heterocycles. The minimum Gasteiger partial charge on any atom is -0.305 e. The van der Waals surface area contributed by atoms with Crippen molar-refractivity contribution in [1.29, 1.82) is 0 Å². The van der Waals surface area contributed by atoms with Crippen molar-refractivity contribution in [1.82, 2.24) is 10.2 Å². The van der Waals surface area contributed by atoms with Crippen molar-refractivity contribution in [2.24, 2.45) is 0 Å². The second-order valence-electron chi connectivity index (χ2n) is 8.69. The molecule has 2 saturated heterocycles. The van der Waals surface area contributed by atoms with Crippen LogP contribution in [0.5, 0.6) is 0 Å². The molecule has 2 heteroatoms. The lowest BCUT2D eigenvalue weighted by molar-refractivity contribution is -0.0854. The van der Waals surface area contributed by atoms with Crippen molar-refractivity contribution in [3.05, 3.63) is 0 Å². The second kappa shape index (κ2) is 4.46. The summed E-state index contributed by atoms with van der Waals surface area (Å²) in [4.78, 5) is 2.66. The van der Waals surface area contributed by atoms with Crippen LogP contribution in [-0.2, 0) is 0 Å². The summed E-state index contributed by atoms with van der Waals surface area (Å²) in [6.07, 6.45) is 7.93. The van der Waals surface area contributed by atoms with Crippen molar-refractivity contribution >= 4 is 0 Å². The summed E-state index contributed by atoms with van der Waals surface area (Å²) < 4.78 is 0. The number of hydrogen-bond donors (Lipinski definition) is 1. The Morgan fingerprint density at radius 1 is 0.789 bits per heavy atom. The molecule has 2 atom stereocenters. The molecule has 0 aliphatic carbocycles. The van der Waals surface area contributed by atoms with Crippen molar-refractivity contribution in [3.63, 3.8) is 0 Å². The van der Waals surface area contributed by atoms with Crippen molar-refractivity contribution in [2.75, 3.05) is 7.05 Å². The van der Waals surface area contributed by atoms with E-state index >= 15 is 0 Å². The molecular formula is C17H34N2. The van der Waals surface area contributed by atoms with Crippen LogP contribution in [0.4, 0.5) is 0 Å². The van der Waals surface area contributed by atoms with Gasteiger partial charge in [0.25, 0.3) is 0 Å². The normalized spacial score (nSPS) is 43.1. The van der Waals surface area contributed by atoms with Crippen LogP contribution in [0.1, 0.15) is 80.1 Å². The van der Waals surface area contributed by atoms with Gasteiger partial charge >= 0.3 is 0 Å². The molecule has 2 rings (SSSR count). The third-order valence-corrected chi connectivity index (χ3v) is 6.38. The predicted molar refractivity (Wildman–Crippen MR) is 83.6 cm³/mol. The zero-order chi connectivity index (χ0) is 14.5. The average Bonchev–Trinajstić information content (AvgIpc) is 2.23. The van der Waals surface area contributed by atoms with E-state index in [0.29, 0.717) is 5.54 Å². The lowest BCUT2D eigenvalue weighted by atomic mass is 9.64. The first-order valence-corrected chi connectivity index (χ1v) is 8.06. The molecule has 2 heterocycles. The maximum atomic E-state index is 4.01. The number of nitrogens with one attached hydrogen (secondary N) is 1. The molecule has 0 amide bonds. The Labute approximate surface area is 120 Å². The molecule has 1 N–H and O–H groups in total. The first kappa shape index (κ1) is 15.3. The van der Waals surface area contributed by atoms with Gasteiger partial charge in [-0.1, -0.05) is 0 Å². The van der Waals surface area contributed by atoms with Crippen molar-refractivity contribution < 1.29 is 0 Å². The van der Waals surface area contributed by atoms with E-state index in [1.807, 2.05) is 0 Å². The van der Waals surface area contributed by atoms with Crippen LogP contribution in [0, 0.1) is 0 Å². The Morgan fingerprint density at radius 2 is 1.37 bits per heavy atom. The van der Waals surface area contributed by atoms with Crippen LogP contribution in [0.3, 0.4) is 0 Å². The molecule has 0 saturated carbocycles. The van der Waals surface area contributed by atoms with E-state index in [0.717, 1.165) is 0 Å². The number of hydrogen-bond acceptors (Lipinski definition) is 2. The Balaban J connectivity index is 2.32. The topological polar surface area (TPSA) is 15.3 Å². The van der Waals surface area contributed by atoms with Gasteiger partial charge in [-0.15, -0.1) is 0 Å². The maximum absolute atomic E-state index is 4.01. The standard InChI is InChI=1S/C17H34N2/c1-14(2)10-8-12-16(5,18-14)17(6)13-9-11-15(3,4)19(17)7/h18H,8-13H2,1-7H3. The molecule has 0 spiro atoms. The molecule has 2 fully saturated rings. The fourth-order valence-electron chi connectivity index (χ4n) is 4.67. The SMILES string of the molecule is CN1C(C)(C)CCCC1(C)C1(C)CCCC(C)(C)N1. The van der Waals surface area contributed by atoms with E-state index in [2.05, 4.69) is 58.8 Å². The van der Waals surface area contributed by atoms with Gasteiger partial charge in [-0.05, 0) is 87.1 Å². The molecule has 0 aromatic heterocycles. The molecule has 2 unspecified atom stereocenters. The summed E-state index contributed by atoms with van der Waals surface area (Å²) in [6.45, 7) is 14.5. The highest BCUT2D eigenvalue weighted by molar-refractivity contribution is 5.14. The molecule has 2 nitrogen and oxygen atoms in total. The monoisotopic (exact) mass is 266 g/mol. The Morgan fingerprint density at radius 3 is 1.95 bits per heavy atom. The first-order valence-electron chi connectivity index (χ1n) is 8.06. The number of nitrogens with zero attached hydrogens (tertiary/aromatic N) is 1. The quantitative estimate of drug-likeness (QED) is 0.773. The third kappa shape index (κ3) is 2.47. The van der Waals surface area contributed by atoms with E-state index in [9.17, 15) is 0 Å². The van der Waals surface area contributed by atoms with E-state index in [1.54, 1.807) is 0 Å². The molecule has 19 heavy (non-hydrogen) atoms. The highest BCUT2D eigenvalue weighted by atomic mass is 15.3. The van der Waals surface area contributed by atoms with Crippen LogP contribution in [-0.4, -0.2) is 34.1 Å². The average molecular weight is 266 g/mol. The van der Waals surface area contributed by atoms with E-state index in [1.165, 1.54) is 38.5 Å². The third-order valence-electron chi connectivity index (χ3n) is 6.38. The summed E-state index contributed by atoms with van der Waals surface area (Å²) in [7, 11) is 2.34. The highest BCUT2D eigenvalue weighted by Gasteiger charge is 2.54. The van der Waals surface area contributed by atoms with E-state index in [4.69, 9.17) is 0 Å². The largest absolute Gasteiger partial charge is 0.305 e. The van der Waals surface area contributed by atoms with Gasteiger partial charge in [0.1, 0.15) is 0 Å². The molecule has 0 aromatic rings. The van der Waals surface area contributed by atoms with Gasteiger partial charge in [0.15, 0.2) is 0 Å². The molecule has 2 aliphatic rings. The summed E-state index contributed by atoms with van der Waals surface area (Å²) in [5, 5.41) is 4.01. The Kier molecular flexibility index (Phi) is 3.59. The number of piperidine rings is 2. The van der Waals surface area contributed by atoms with Crippen LogP contribution < -0.4 is 5.32 Å². The van der Waals surface area contributed by atoms with Gasteiger partial charge < -0.3 is 5.32 Å². The fraction of sp³-hybridized carbons (Fsp3) is 1.00. The van der Waals surface area contributed by atoms with Gasteiger partial charge in [0.05, 0.1) is 0 Å². The van der Waals surface area contributed by atoms with Crippen LogP contribution in [0.25, 0.3) is 0 Å². The fourth-order valence-corrected chi connectivity index (χ4v) is 4.67. The zero-order valence-electron chi connectivity index (χ0n) is 14.2. The molecule has 112 valence electrons. The minimum absolute atomic E-state index is 0.223.